The van der Waals surface area contributed by atoms with Crippen molar-refractivity contribution in [3.05, 3.63) is 30.1 Å². The first-order valence-electron chi connectivity index (χ1n) is 4.07. The predicted molar refractivity (Wildman–Crippen MR) is 44.1 cm³/mol. The standard InChI is InChI=1S/C9H12N2.ClH/c1-2-8(6-10-5-1)7-11-9-3-4-9;/h1-2,5-6,9,11H,3-4,7H2;1H/p-1. The zero-order valence-corrected chi connectivity index (χ0v) is 7.59. The van der Waals surface area contributed by atoms with E-state index in [-0.39, 0.29) is 12.4 Å². The second-order valence-corrected chi connectivity index (χ2v) is 3.02. The fraction of sp³-hybridized carbons (Fsp3) is 0.444. The third-order valence-corrected chi connectivity index (χ3v) is 1.90. The molecule has 0 radical (unpaired) electrons. The van der Waals surface area contributed by atoms with Crippen molar-refractivity contribution >= 4 is 0 Å². The number of aromatic nitrogens is 1. The number of hydrogen-bond acceptors (Lipinski definition) is 2. The van der Waals surface area contributed by atoms with Crippen LogP contribution in [-0.4, -0.2) is 11.0 Å². The van der Waals surface area contributed by atoms with E-state index in [2.05, 4.69) is 16.4 Å². The maximum absolute atomic E-state index is 4.04. The Hall–Kier alpha value is -0.600. The first-order valence-corrected chi connectivity index (χ1v) is 4.07. The van der Waals surface area contributed by atoms with Crippen molar-refractivity contribution < 1.29 is 12.4 Å². The van der Waals surface area contributed by atoms with Crippen LogP contribution in [0.25, 0.3) is 0 Å². The van der Waals surface area contributed by atoms with E-state index >= 15 is 0 Å². The summed E-state index contributed by atoms with van der Waals surface area (Å²) in [4.78, 5) is 4.04. The zero-order valence-electron chi connectivity index (χ0n) is 6.83. The molecule has 1 aromatic rings. The van der Waals surface area contributed by atoms with Crippen LogP contribution in [0.3, 0.4) is 0 Å². The highest BCUT2D eigenvalue weighted by Gasteiger charge is 2.19. The molecule has 12 heavy (non-hydrogen) atoms. The molecule has 66 valence electrons. The topological polar surface area (TPSA) is 24.9 Å². The van der Waals surface area contributed by atoms with Gasteiger partial charge in [-0.05, 0) is 24.5 Å². The Morgan fingerprint density at radius 2 is 2.33 bits per heavy atom. The van der Waals surface area contributed by atoms with Crippen LogP contribution in [0.2, 0.25) is 0 Å². The molecule has 1 aromatic heterocycles. The minimum atomic E-state index is 0. The van der Waals surface area contributed by atoms with E-state index in [0.717, 1.165) is 12.6 Å². The molecule has 1 N–H and O–H groups in total. The van der Waals surface area contributed by atoms with Gasteiger partial charge in [-0.3, -0.25) is 4.98 Å². The summed E-state index contributed by atoms with van der Waals surface area (Å²) >= 11 is 0. The van der Waals surface area contributed by atoms with Crippen LogP contribution in [0.5, 0.6) is 0 Å². The van der Waals surface area contributed by atoms with Crippen molar-refractivity contribution in [3.63, 3.8) is 0 Å². The fourth-order valence-corrected chi connectivity index (χ4v) is 1.05. The summed E-state index contributed by atoms with van der Waals surface area (Å²) < 4.78 is 0. The molecule has 2 rings (SSSR count). The van der Waals surface area contributed by atoms with Crippen molar-refractivity contribution in [1.29, 1.82) is 0 Å². The van der Waals surface area contributed by atoms with Gasteiger partial charge < -0.3 is 17.7 Å². The second-order valence-electron chi connectivity index (χ2n) is 3.02. The van der Waals surface area contributed by atoms with Gasteiger partial charge in [0, 0.05) is 25.0 Å². The lowest BCUT2D eigenvalue weighted by Crippen LogP contribution is -3.00. The molecule has 1 fully saturated rings. The lowest BCUT2D eigenvalue weighted by Gasteiger charge is -2.00. The van der Waals surface area contributed by atoms with Gasteiger partial charge in [-0.25, -0.2) is 0 Å². The van der Waals surface area contributed by atoms with Crippen LogP contribution in [-0.2, 0) is 6.54 Å². The molecule has 0 aliphatic heterocycles. The van der Waals surface area contributed by atoms with Gasteiger partial charge in [0.05, 0.1) is 0 Å². The smallest absolute Gasteiger partial charge is 0.0312 e. The highest BCUT2D eigenvalue weighted by molar-refractivity contribution is 5.08. The first-order chi connectivity index (χ1) is 5.45. The van der Waals surface area contributed by atoms with Gasteiger partial charge >= 0.3 is 0 Å². The molecule has 0 amide bonds. The summed E-state index contributed by atoms with van der Waals surface area (Å²) in [5.41, 5.74) is 1.28. The number of halogens is 1. The molecule has 2 nitrogen and oxygen atoms in total. The number of nitrogens with zero attached hydrogens (tertiary/aromatic N) is 1. The largest absolute Gasteiger partial charge is 1.00 e. The third-order valence-electron chi connectivity index (χ3n) is 1.90. The van der Waals surface area contributed by atoms with Crippen molar-refractivity contribution in [2.24, 2.45) is 0 Å². The molecule has 1 saturated carbocycles. The summed E-state index contributed by atoms with van der Waals surface area (Å²) in [6.45, 7) is 0.971. The summed E-state index contributed by atoms with van der Waals surface area (Å²) in [5.74, 6) is 0. The summed E-state index contributed by atoms with van der Waals surface area (Å²) in [6.07, 6.45) is 6.41. The van der Waals surface area contributed by atoms with Gasteiger partial charge in [0.15, 0.2) is 0 Å². The van der Waals surface area contributed by atoms with Gasteiger partial charge in [-0.15, -0.1) is 0 Å². The van der Waals surface area contributed by atoms with E-state index < -0.39 is 0 Å². The van der Waals surface area contributed by atoms with Gasteiger partial charge in [-0.1, -0.05) is 6.07 Å². The molecule has 0 aromatic carbocycles. The molecule has 0 unspecified atom stereocenters. The van der Waals surface area contributed by atoms with E-state index in [1.54, 1.807) is 6.20 Å². The Bertz CT molecular complexity index is 221. The Kier molecular flexibility index (Phi) is 3.50. The minimum absolute atomic E-state index is 0. The number of hydrogen-bond donors (Lipinski definition) is 1. The van der Waals surface area contributed by atoms with Crippen molar-refractivity contribution in [2.45, 2.75) is 25.4 Å². The average Bonchev–Trinajstić information content (AvgIpc) is 2.86. The highest BCUT2D eigenvalue weighted by atomic mass is 35.5. The number of pyridine rings is 1. The van der Waals surface area contributed by atoms with E-state index in [1.807, 2.05) is 12.3 Å². The van der Waals surface area contributed by atoms with Crippen LogP contribution < -0.4 is 17.7 Å². The maximum Gasteiger partial charge on any atom is 0.0312 e. The molecule has 1 aliphatic carbocycles. The maximum atomic E-state index is 4.04. The van der Waals surface area contributed by atoms with Crippen LogP contribution in [0.1, 0.15) is 18.4 Å². The normalized spacial score (nSPS) is 15.3. The van der Waals surface area contributed by atoms with E-state index in [9.17, 15) is 0 Å². The van der Waals surface area contributed by atoms with Gasteiger partial charge in [0.2, 0.25) is 0 Å². The molecule has 3 heteroatoms. The van der Waals surface area contributed by atoms with Gasteiger partial charge in [0.25, 0.3) is 0 Å². The van der Waals surface area contributed by atoms with E-state index in [0.29, 0.717) is 0 Å². The van der Waals surface area contributed by atoms with Crippen LogP contribution in [0, 0.1) is 0 Å². The zero-order chi connectivity index (χ0) is 7.52. The van der Waals surface area contributed by atoms with Crippen LogP contribution in [0.4, 0.5) is 0 Å². The molecule has 0 atom stereocenters. The van der Waals surface area contributed by atoms with Gasteiger partial charge in [0.1, 0.15) is 0 Å². The second kappa shape index (κ2) is 4.43. The number of nitrogens with one attached hydrogen (secondary N) is 1. The SMILES string of the molecule is [Cl-].c1cncc(CNC2CC2)c1. The minimum Gasteiger partial charge on any atom is -1.00 e. The molecule has 0 saturated heterocycles. The Balaban J connectivity index is 0.000000720. The monoisotopic (exact) mass is 183 g/mol. The average molecular weight is 184 g/mol. The quantitative estimate of drug-likeness (QED) is 0.607. The lowest BCUT2D eigenvalue weighted by molar-refractivity contribution is -0.00000237. The van der Waals surface area contributed by atoms with Crippen LogP contribution >= 0.6 is 0 Å². The summed E-state index contributed by atoms with van der Waals surface area (Å²) in [7, 11) is 0. The Morgan fingerprint density at radius 1 is 1.50 bits per heavy atom. The fourth-order valence-electron chi connectivity index (χ4n) is 1.05. The summed E-state index contributed by atoms with van der Waals surface area (Å²) in [5, 5.41) is 3.43. The lowest BCUT2D eigenvalue weighted by atomic mass is 10.3. The van der Waals surface area contributed by atoms with Crippen LogP contribution in [0.15, 0.2) is 24.5 Å². The third kappa shape index (κ3) is 2.80. The van der Waals surface area contributed by atoms with Crippen molar-refractivity contribution in [2.75, 3.05) is 0 Å². The molecule has 0 spiro atoms. The molecule has 1 heterocycles. The highest BCUT2D eigenvalue weighted by Crippen LogP contribution is 2.18. The van der Waals surface area contributed by atoms with Gasteiger partial charge in [-0.2, -0.15) is 0 Å². The van der Waals surface area contributed by atoms with Crippen molar-refractivity contribution in [1.82, 2.24) is 10.3 Å². The predicted octanol–water partition coefficient (Wildman–Crippen LogP) is -1.66. The molecule has 0 bridgehead atoms. The first kappa shape index (κ1) is 9.49. The van der Waals surface area contributed by atoms with E-state index in [4.69, 9.17) is 0 Å². The molecular formula is C9H12ClN2-. The molecular weight excluding hydrogens is 172 g/mol. The Labute approximate surface area is 78.8 Å². The number of rotatable bonds is 3. The van der Waals surface area contributed by atoms with Crippen molar-refractivity contribution in [3.8, 4) is 0 Å². The Morgan fingerprint density at radius 3 is 2.92 bits per heavy atom. The van der Waals surface area contributed by atoms with E-state index in [1.165, 1.54) is 18.4 Å². The molecule has 1 aliphatic rings. The summed E-state index contributed by atoms with van der Waals surface area (Å²) in [6, 6.07) is 4.86.